The number of benzene rings is 2. The Morgan fingerprint density at radius 2 is 1.73 bits per heavy atom. The van der Waals surface area contributed by atoms with Crippen molar-refractivity contribution in [2.24, 2.45) is 0 Å². The van der Waals surface area contributed by atoms with Crippen LogP contribution in [0.15, 0.2) is 65.6 Å². The lowest BCUT2D eigenvalue weighted by molar-refractivity contribution is 0.221. The average Bonchev–Trinajstić information content (AvgIpc) is 3.35. The number of rotatable bonds is 8. The maximum Gasteiger partial charge on any atom is 0.321 e. The van der Waals surface area contributed by atoms with E-state index in [1.807, 2.05) is 43.3 Å². The minimum absolute atomic E-state index is 0.0725. The minimum atomic E-state index is -3.86. The molecule has 4 aromatic rings. The molecule has 0 spiro atoms. The maximum absolute atomic E-state index is 12.8. The fourth-order valence-electron chi connectivity index (χ4n) is 4.31. The van der Waals surface area contributed by atoms with Crippen molar-refractivity contribution in [3.63, 3.8) is 0 Å². The topological polar surface area (TPSA) is 146 Å². The Kier molecular flexibility index (Phi) is 8.05. The number of aromatic nitrogens is 4. The Bertz CT molecular complexity index is 1610. The van der Waals surface area contributed by atoms with Crippen LogP contribution in [-0.2, 0) is 10.0 Å². The summed E-state index contributed by atoms with van der Waals surface area (Å²) in [6, 6.07) is 17.3. The second kappa shape index (κ2) is 11.8. The van der Waals surface area contributed by atoms with Gasteiger partial charge in [0.2, 0.25) is 5.95 Å². The molecular weight excluding hydrogens is 530 g/mol. The van der Waals surface area contributed by atoms with E-state index in [4.69, 9.17) is 0 Å². The number of carbonyl (C=O) groups is 1. The number of nitrogens with one attached hydrogen (secondary N) is 4. The number of amides is 2. The highest BCUT2D eigenvalue weighted by atomic mass is 32.2. The van der Waals surface area contributed by atoms with E-state index in [1.54, 1.807) is 22.6 Å². The average molecular weight is 562 g/mol. The Balaban J connectivity index is 1.40. The quantitative estimate of drug-likeness (QED) is 0.240. The van der Waals surface area contributed by atoms with Crippen LogP contribution in [0.5, 0.6) is 0 Å². The minimum Gasteiger partial charge on any atom is -0.335 e. The summed E-state index contributed by atoms with van der Waals surface area (Å²) in [5.74, 6) is 0.760. The first kappa shape index (κ1) is 27.2. The van der Waals surface area contributed by atoms with Gasteiger partial charge < -0.3 is 10.2 Å². The molecule has 40 heavy (non-hydrogen) atoms. The van der Waals surface area contributed by atoms with E-state index in [2.05, 4.69) is 48.0 Å². The molecule has 13 heteroatoms. The molecule has 208 valence electrons. The smallest absolute Gasteiger partial charge is 0.321 e. The van der Waals surface area contributed by atoms with E-state index in [0.29, 0.717) is 11.5 Å². The summed E-state index contributed by atoms with van der Waals surface area (Å²) in [7, 11) is -1.79. The number of nitrogens with zero attached hydrogens (tertiary/aromatic N) is 5. The predicted octanol–water partition coefficient (Wildman–Crippen LogP) is 3.12. The molecule has 5 rings (SSSR count). The molecule has 1 aliphatic rings. The van der Waals surface area contributed by atoms with Crippen LogP contribution in [0.25, 0.3) is 17.8 Å². The number of aryl methyl sites for hydroxylation is 1. The highest BCUT2D eigenvalue weighted by Gasteiger charge is 2.21. The van der Waals surface area contributed by atoms with Gasteiger partial charge in [-0.1, -0.05) is 54.1 Å². The van der Waals surface area contributed by atoms with Crippen molar-refractivity contribution >= 4 is 45.6 Å². The second-order valence-electron chi connectivity index (χ2n) is 9.68. The van der Waals surface area contributed by atoms with Gasteiger partial charge in [0, 0.05) is 12.1 Å². The molecular formula is C27H31N9O3S. The maximum atomic E-state index is 12.8. The largest absolute Gasteiger partial charge is 0.335 e. The van der Waals surface area contributed by atoms with E-state index in [-0.39, 0.29) is 28.7 Å². The lowest BCUT2D eigenvalue weighted by atomic mass is 10.1. The molecule has 0 bridgehead atoms. The van der Waals surface area contributed by atoms with Crippen molar-refractivity contribution in [1.29, 1.82) is 0 Å². The number of anilines is 2. The van der Waals surface area contributed by atoms with Gasteiger partial charge in [0.1, 0.15) is 11.6 Å². The summed E-state index contributed by atoms with van der Waals surface area (Å²) in [6.45, 7) is 3.72. The molecule has 1 aliphatic heterocycles. The van der Waals surface area contributed by atoms with Crippen LogP contribution in [0.4, 0.5) is 16.6 Å². The van der Waals surface area contributed by atoms with Gasteiger partial charge in [-0.15, -0.1) is 15.0 Å². The fourth-order valence-corrected chi connectivity index (χ4v) is 5.16. The molecule has 0 unspecified atom stereocenters. The molecule has 12 nitrogen and oxygen atoms in total. The Morgan fingerprint density at radius 1 is 1.00 bits per heavy atom. The molecule has 4 N–H and O–H groups in total. The van der Waals surface area contributed by atoms with Crippen LogP contribution in [-0.4, -0.2) is 65.1 Å². The van der Waals surface area contributed by atoms with Crippen molar-refractivity contribution < 1.29 is 13.2 Å². The van der Waals surface area contributed by atoms with E-state index < -0.39 is 10.0 Å². The molecule has 0 aliphatic carbocycles. The summed E-state index contributed by atoms with van der Waals surface area (Å²) in [4.78, 5) is 22.1. The Labute approximate surface area is 232 Å². The molecule has 1 saturated heterocycles. The number of urea groups is 1. The SMILES string of the molecule is Cc1ccc(S(=O)(=O)NNc2cc3nnc(NC(=O)NC4CCN(C)CC4)n3c(/C=C/c3ccccc3)n2)cc1. The highest BCUT2D eigenvalue weighted by Crippen LogP contribution is 2.19. The van der Waals surface area contributed by atoms with Crippen molar-refractivity contribution in [3.8, 4) is 0 Å². The van der Waals surface area contributed by atoms with E-state index >= 15 is 0 Å². The molecule has 1 fully saturated rings. The van der Waals surface area contributed by atoms with E-state index in [1.165, 1.54) is 18.2 Å². The van der Waals surface area contributed by atoms with Crippen LogP contribution < -0.4 is 20.9 Å². The molecule has 2 amide bonds. The Hall–Kier alpha value is -4.33. The summed E-state index contributed by atoms with van der Waals surface area (Å²) < 4.78 is 27.1. The van der Waals surface area contributed by atoms with Crippen molar-refractivity contribution in [2.75, 3.05) is 30.9 Å². The predicted molar refractivity (Wildman–Crippen MR) is 154 cm³/mol. The highest BCUT2D eigenvalue weighted by molar-refractivity contribution is 7.89. The number of hydrogen-bond acceptors (Lipinski definition) is 8. The van der Waals surface area contributed by atoms with Gasteiger partial charge in [-0.3, -0.25) is 10.7 Å². The van der Waals surface area contributed by atoms with Crippen LogP contribution in [0.3, 0.4) is 0 Å². The van der Waals surface area contributed by atoms with Gasteiger partial charge in [-0.05, 0) is 63.7 Å². The van der Waals surface area contributed by atoms with Crippen LogP contribution in [0, 0.1) is 6.92 Å². The standard InChI is InChI=1S/C27H31N9O3S/c1-19-8-11-22(12-9-19)40(38,39)34-31-23-18-25-32-33-26(30-27(37)28-21-14-16-35(2)17-15-21)36(25)24(29-23)13-10-20-6-4-3-5-7-20/h3-13,18,21,31,34H,14-17H2,1-2H3,(H2,28,30,33,37)/b13-10+. The molecule has 3 heterocycles. The lowest BCUT2D eigenvalue weighted by Crippen LogP contribution is -2.45. The first-order valence-electron chi connectivity index (χ1n) is 12.9. The van der Waals surface area contributed by atoms with Gasteiger partial charge in [-0.25, -0.2) is 22.6 Å². The third-order valence-corrected chi connectivity index (χ3v) is 7.83. The number of hydrogen-bond donors (Lipinski definition) is 4. The Morgan fingerprint density at radius 3 is 2.45 bits per heavy atom. The van der Waals surface area contributed by atoms with Crippen molar-refractivity contribution in [2.45, 2.75) is 30.7 Å². The van der Waals surface area contributed by atoms with Gasteiger partial charge in [0.05, 0.1) is 4.90 Å². The summed E-state index contributed by atoms with van der Waals surface area (Å²) in [6.07, 6.45) is 5.32. The van der Waals surface area contributed by atoms with Crippen molar-refractivity contribution in [1.82, 2.24) is 34.6 Å². The lowest BCUT2D eigenvalue weighted by Gasteiger charge is -2.29. The monoisotopic (exact) mass is 561 g/mol. The molecule has 2 aromatic carbocycles. The molecule has 2 aromatic heterocycles. The summed E-state index contributed by atoms with van der Waals surface area (Å²) in [5.41, 5.74) is 4.90. The number of piperidine rings is 1. The second-order valence-corrected chi connectivity index (χ2v) is 11.4. The molecule has 0 saturated carbocycles. The van der Waals surface area contributed by atoms with E-state index in [0.717, 1.165) is 37.1 Å². The van der Waals surface area contributed by atoms with Crippen LogP contribution in [0.2, 0.25) is 0 Å². The van der Waals surface area contributed by atoms with Crippen LogP contribution >= 0.6 is 0 Å². The number of carbonyl (C=O) groups excluding carboxylic acids is 1. The number of likely N-dealkylation sites (tertiary alicyclic amines) is 1. The summed E-state index contributed by atoms with van der Waals surface area (Å²) >= 11 is 0. The first-order valence-corrected chi connectivity index (χ1v) is 14.3. The molecule has 0 radical (unpaired) electrons. The normalized spacial score (nSPS) is 14.9. The third-order valence-electron chi connectivity index (χ3n) is 6.57. The van der Waals surface area contributed by atoms with Gasteiger partial charge in [-0.2, -0.15) is 0 Å². The zero-order chi connectivity index (χ0) is 28.1. The number of hydrazine groups is 1. The van der Waals surface area contributed by atoms with Gasteiger partial charge in [0.15, 0.2) is 5.65 Å². The third kappa shape index (κ3) is 6.62. The van der Waals surface area contributed by atoms with Crippen LogP contribution in [0.1, 0.15) is 29.8 Å². The van der Waals surface area contributed by atoms with Crippen molar-refractivity contribution in [3.05, 3.63) is 77.6 Å². The van der Waals surface area contributed by atoms with Gasteiger partial charge in [0.25, 0.3) is 10.0 Å². The summed E-state index contributed by atoms with van der Waals surface area (Å²) in [5, 5.41) is 14.1. The van der Waals surface area contributed by atoms with E-state index in [9.17, 15) is 13.2 Å². The first-order chi connectivity index (χ1) is 19.3. The number of sulfonamides is 1. The zero-order valence-corrected chi connectivity index (χ0v) is 23.0. The fraction of sp³-hybridized carbons (Fsp3) is 0.259. The molecule has 0 atom stereocenters. The zero-order valence-electron chi connectivity index (χ0n) is 22.2. The van der Waals surface area contributed by atoms with Gasteiger partial charge >= 0.3 is 6.03 Å². The number of fused-ring (bicyclic) bond motifs is 1.